The molecule has 0 radical (unpaired) electrons. The summed E-state index contributed by atoms with van der Waals surface area (Å²) in [4.78, 5) is 14.0. The van der Waals surface area contributed by atoms with Gasteiger partial charge in [0.05, 0.1) is 11.7 Å². The number of hydrogen-bond donors (Lipinski definition) is 1. The number of halogens is 1. The van der Waals surface area contributed by atoms with Crippen molar-refractivity contribution in [1.29, 1.82) is 0 Å². The second-order valence-electron chi connectivity index (χ2n) is 4.64. The Kier molecular flexibility index (Phi) is 6.12. The average Bonchev–Trinajstić information content (AvgIpc) is 2.36. The predicted molar refractivity (Wildman–Crippen MR) is 78.1 cm³/mol. The van der Waals surface area contributed by atoms with Gasteiger partial charge in [0.15, 0.2) is 0 Å². The van der Waals surface area contributed by atoms with Gasteiger partial charge >= 0.3 is 0 Å². The fourth-order valence-corrected chi connectivity index (χ4v) is 1.78. The summed E-state index contributed by atoms with van der Waals surface area (Å²) >= 11 is 5.97. The third kappa shape index (κ3) is 4.73. The van der Waals surface area contributed by atoms with Crippen LogP contribution in [0, 0.1) is 0 Å². The molecule has 4 nitrogen and oxygen atoms in total. The van der Waals surface area contributed by atoms with Gasteiger partial charge < -0.3 is 15.0 Å². The molecule has 0 bridgehead atoms. The van der Waals surface area contributed by atoms with E-state index in [1.165, 1.54) is 0 Å². The molecule has 5 heteroatoms. The lowest BCUT2D eigenvalue weighted by Crippen LogP contribution is -2.33. The minimum atomic E-state index is -0.0894. The first-order chi connectivity index (χ1) is 8.95. The highest BCUT2D eigenvalue weighted by Gasteiger charge is 2.17. The van der Waals surface area contributed by atoms with Crippen LogP contribution in [0.25, 0.3) is 0 Å². The molecule has 0 aromatic heterocycles. The topological polar surface area (TPSA) is 41.6 Å². The van der Waals surface area contributed by atoms with Gasteiger partial charge in [-0.25, -0.2) is 0 Å². The van der Waals surface area contributed by atoms with Crippen LogP contribution in [0.15, 0.2) is 18.2 Å². The van der Waals surface area contributed by atoms with Crippen molar-refractivity contribution >= 4 is 17.5 Å². The van der Waals surface area contributed by atoms with Crippen LogP contribution in [0.4, 0.5) is 0 Å². The first kappa shape index (κ1) is 15.8. The Labute approximate surface area is 119 Å². The van der Waals surface area contributed by atoms with Crippen LogP contribution in [-0.2, 0) is 0 Å². The number of benzene rings is 1. The maximum Gasteiger partial charge on any atom is 0.257 e. The Morgan fingerprint density at radius 2 is 2.16 bits per heavy atom. The summed E-state index contributed by atoms with van der Waals surface area (Å²) in [6.07, 6.45) is 0.00957. The number of likely N-dealkylation sites (N-methyl/N-ethyl adjacent to an activating group) is 2. The lowest BCUT2D eigenvalue weighted by molar-refractivity contribution is 0.0790. The van der Waals surface area contributed by atoms with Gasteiger partial charge in [-0.15, -0.1) is 0 Å². The van der Waals surface area contributed by atoms with Crippen molar-refractivity contribution in [3.63, 3.8) is 0 Å². The van der Waals surface area contributed by atoms with Crippen molar-refractivity contribution in [2.45, 2.75) is 20.0 Å². The minimum absolute atomic E-state index is 0.00957. The number of rotatable bonds is 6. The number of ether oxygens (including phenoxy) is 1. The largest absolute Gasteiger partial charge is 0.490 e. The monoisotopic (exact) mass is 284 g/mol. The number of hydrogen-bond acceptors (Lipinski definition) is 3. The molecule has 0 unspecified atom stereocenters. The van der Waals surface area contributed by atoms with Gasteiger partial charge in [-0.1, -0.05) is 11.6 Å². The van der Waals surface area contributed by atoms with Crippen LogP contribution < -0.4 is 10.1 Å². The van der Waals surface area contributed by atoms with Crippen molar-refractivity contribution < 1.29 is 9.53 Å². The third-order valence-electron chi connectivity index (χ3n) is 2.58. The Balaban J connectivity index is 2.96. The van der Waals surface area contributed by atoms with E-state index < -0.39 is 0 Å². The van der Waals surface area contributed by atoms with Crippen LogP contribution in [0.2, 0.25) is 5.02 Å². The lowest BCUT2D eigenvalue weighted by atomic mass is 10.1. The standard InChI is InChI=1S/C14H21ClN2O2/c1-10(2)19-13-6-5-11(15)9-12(13)14(18)17(4)8-7-16-3/h5-6,9-10,16H,7-8H2,1-4H3. The smallest absolute Gasteiger partial charge is 0.257 e. The molecule has 0 saturated heterocycles. The Hall–Kier alpha value is -1.26. The van der Waals surface area contributed by atoms with E-state index in [0.29, 0.717) is 22.9 Å². The zero-order valence-corrected chi connectivity index (χ0v) is 12.6. The van der Waals surface area contributed by atoms with Crippen molar-refractivity contribution in [2.75, 3.05) is 27.2 Å². The summed E-state index contributed by atoms with van der Waals surface area (Å²) in [5.74, 6) is 0.481. The van der Waals surface area contributed by atoms with Crippen molar-refractivity contribution in [3.8, 4) is 5.75 Å². The number of nitrogens with one attached hydrogen (secondary N) is 1. The molecule has 1 rings (SSSR count). The van der Waals surface area contributed by atoms with Gasteiger partial charge in [-0.3, -0.25) is 4.79 Å². The highest BCUT2D eigenvalue weighted by atomic mass is 35.5. The summed E-state index contributed by atoms with van der Waals surface area (Å²) in [7, 11) is 3.62. The molecule has 0 atom stereocenters. The number of carbonyl (C=O) groups excluding carboxylic acids is 1. The number of amides is 1. The summed E-state index contributed by atoms with van der Waals surface area (Å²) in [6, 6.07) is 5.11. The quantitative estimate of drug-likeness (QED) is 0.872. The second kappa shape index (κ2) is 7.36. The van der Waals surface area contributed by atoms with Crippen LogP contribution in [0.3, 0.4) is 0 Å². The van der Waals surface area contributed by atoms with Crippen molar-refractivity contribution in [1.82, 2.24) is 10.2 Å². The first-order valence-corrected chi connectivity index (χ1v) is 6.69. The third-order valence-corrected chi connectivity index (χ3v) is 2.81. The summed E-state index contributed by atoms with van der Waals surface area (Å²) in [5.41, 5.74) is 0.500. The molecule has 0 aliphatic heterocycles. The summed E-state index contributed by atoms with van der Waals surface area (Å²) in [6.45, 7) is 5.22. The van der Waals surface area contributed by atoms with E-state index in [1.807, 2.05) is 20.9 Å². The van der Waals surface area contributed by atoms with E-state index in [4.69, 9.17) is 16.3 Å². The van der Waals surface area contributed by atoms with Crippen LogP contribution in [0.1, 0.15) is 24.2 Å². The zero-order valence-electron chi connectivity index (χ0n) is 11.9. The van der Waals surface area contributed by atoms with Crippen LogP contribution in [-0.4, -0.2) is 44.1 Å². The number of nitrogens with zero attached hydrogens (tertiary/aromatic N) is 1. The molecular formula is C14H21ClN2O2. The highest BCUT2D eigenvalue weighted by Crippen LogP contribution is 2.25. The molecular weight excluding hydrogens is 264 g/mol. The maximum absolute atomic E-state index is 12.4. The molecule has 1 amide bonds. The average molecular weight is 285 g/mol. The molecule has 19 heavy (non-hydrogen) atoms. The molecule has 0 aliphatic rings. The highest BCUT2D eigenvalue weighted by molar-refractivity contribution is 6.31. The van der Waals surface area contributed by atoms with Gasteiger partial charge in [0.1, 0.15) is 5.75 Å². The van der Waals surface area contributed by atoms with E-state index in [-0.39, 0.29) is 12.0 Å². The van der Waals surface area contributed by atoms with Crippen LogP contribution in [0.5, 0.6) is 5.75 Å². The normalized spacial score (nSPS) is 10.6. The van der Waals surface area contributed by atoms with Crippen LogP contribution >= 0.6 is 11.6 Å². The minimum Gasteiger partial charge on any atom is -0.490 e. The van der Waals surface area contributed by atoms with E-state index in [2.05, 4.69) is 5.32 Å². The second-order valence-corrected chi connectivity index (χ2v) is 5.07. The molecule has 0 heterocycles. The van der Waals surface area contributed by atoms with Crippen molar-refractivity contribution in [2.24, 2.45) is 0 Å². The molecule has 0 saturated carbocycles. The Morgan fingerprint density at radius 3 is 2.74 bits per heavy atom. The predicted octanol–water partition coefficient (Wildman–Crippen LogP) is 2.42. The van der Waals surface area contributed by atoms with Gasteiger partial charge in [0.2, 0.25) is 0 Å². The van der Waals surface area contributed by atoms with E-state index in [0.717, 1.165) is 6.54 Å². The molecule has 1 aromatic carbocycles. The SMILES string of the molecule is CNCCN(C)C(=O)c1cc(Cl)ccc1OC(C)C. The molecule has 1 N–H and O–H groups in total. The van der Waals surface area contributed by atoms with Gasteiger partial charge in [-0.05, 0) is 39.1 Å². The van der Waals surface area contributed by atoms with E-state index >= 15 is 0 Å². The van der Waals surface area contributed by atoms with E-state index in [9.17, 15) is 4.79 Å². The zero-order chi connectivity index (χ0) is 14.4. The molecule has 106 valence electrons. The fraction of sp³-hybridized carbons (Fsp3) is 0.500. The first-order valence-electron chi connectivity index (χ1n) is 6.32. The Bertz CT molecular complexity index is 435. The molecule has 0 fully saturated rings. The maximum atomic E-state index is 12.4. The summed E-state index contributed by atoms with van der Waals surface area (Å²) in [5, 5.41) is 3.54. The number of carbonyl (C=O) groups is 1. The van der Waals surface area contributed by atoms with Gasteiger partial charge in [0, 0.05) is 25.2 Å². The van der Waals surface area contributed by atoms with Gasteiger partial charge in [0.25, 0.3) is 5.91 Å². The van der Waals surface area contributed by atoms with Crippen molar-refractivity contribution in [3.05, 3.63) is 28.8 Å². The lowest BCUT2D eigenvalue weighted by Gasteiger charge is -2.20. The van der Waals surface area contributed by atoms with E-state index in [1.54, 1.807) is 30.1 Å². The fourth-order valence-electron chi connectivity index (χ4n) is 1.61. The molecule has 0 spiro atoms. The molecule has 0 aliphatic carbocycles. The van der Waals surface area contributed by atoms with Gasteiger partial charge in [-0.2, -0.15) is 0 Å². The Morgan fingerprint density at radius 1 is 1.47 bits per heavy atom. The summed E-state index contributed by atoms with van der Waals surface area (Å²) < 4.78 is 5.65. The molecule has 1 aromatic rings.